The summed E-state index contributed by atoms with van der Waals surface area (Å²) >= 11 is 1.63. The van der Waals surface area contributed by atoms with Gasteiger partial charge in [0, 0.05) is 6.54 Å². The number of nitrogens with two attached hydrogens (primary N) is 1. The van der Waals surface area contributed by atoms with E-state index in [1.807, 2.05) is 11.6 Å². The summed E-state index contributed by atoms with van der Waals surface area (Å²) < 4.78 is 5.33. The third-order valence-corrected chi connectivity index (χ3v) is 3.68. The monoisotopic (exact) mass is 248 g/mol. The van der Waals surface area contributed by atoms with Gasteiger partial charge in [-0.15, -0.1) is 11.3 Å². The highest BCUT2D eigenvalue weighted by molar-refractivity contribution is 7.13. The second-order valence-corrected chi connectivity index (χ2v) is 4.57. The van der Waals surface area contributed by atoms with Gasteiger partial charge in [-0.05, 0) is 35.7 Å². The molecule has 0 amide bonds. The first-order valence-electron chi connectivity index (χ1n) is 5.59. The first-order valence-corrected chi connectivity index (χ1v) is 6.47. The van der Waals surface area contributed by atoms with Crippen molar-refractivity contribution in [3.05, 3.63) is 35.0 Å². The quantitative estimate of drug-likeness (QED) is 0.905. The Morgan fingerprint density at radius 2 is 2.24 bits per heavy atom. The van der Waals surface area contributed by atoms with Crippen LogP contribution in [0.2, 0.25) is 0 Å². The summed E-state index contributed by atoms with van der Waals surface area (Å²) in [6.45, 7) is 2.60. The van der Waals surface area contributed by atoms with Crippen LogP contribution in [0.1, 0.15) is 18.2 Å². The van der Waals surface area contributed by atoms with E-state index in [2.05, 4.69) is 24.0 Å². The molecular formula is C13H16N2OS. The minimum absolute atomic E-state index is 0.478. The molecule has 1 heterocycles. The van der Waals surface area contributed by atoms with Gasteiger partial charge < -0.3 is 10.5 Å². The maximum Gasteiger partial charge on any atom is 0.122 e. The van der Waals surface area contributed by atoms with Crippen LogP contribution in [-0.4, -0.2) is 12.1 Å². The highest BCUT2D eigenvalue weighted by atomic mass is 32.1. The SMILES string of the molecule is CCc1cc(-c2scnc2CN)ccc1OC. The Labute approximate surface area is 105 Å². The van der Waals surface area contributed by atoms with Crippen molar-refractivity contribution in [2.45, 2.75) is 19.9 Å². The van der Waals surface area contributed by atoms with Crippen LogP contribution < -0.4 is 10.5 Å². The second kappa shape index (κ2) is 5.29. The molecule has 0 aliphatic rings. The molecule has 0 saturated carbocycles. The van der Waals surface area contributed by atoms with Gasteiger partial charge in [-0.3, -0.25) is 0 Å². The Kier molecular flexibility index (Phi) is 3.76. The molecule has 0 radical (unpaired) electrons. The van der Waals surface area contributed by atoms with Gasteiger partial charge in [0.15, 0.2) is 0 Å². The van der Waals surface area contributed by atoms with E-state index in [4.69, 9.17) is 10.5 Å². The van der Waals surface area contributed by atoms with Gasteiger partial charge >= 0.3 is 0 Å². The maximum absolute atomic E-state index is 5.68. The third kappa shape index (κ3) is 2.33. The molecule has 3 nitrogen and oxygen atoms in total. The van der Waals surface area contributed by atoms with Crippen molar-refractivity contribution < 1.29 is 4.74 Å². The zero-order valence-corrected chi connectivity index (χ0v) is 10.9. The van der Waals surface area contributed by atoms with E-state index in [0.29, 0.717) is 6.54 Å². The van der Waals surface area contributed by atoms with Crippen LogP contribution in [0, 0.1) is 0 Å². The molecule has 0 aliphatic carbocycles. The van der Waals surface area contributed by atoms with Gasteiger partial charge in [0.25, 0.3) is 0 Å². The van der Waals surface area contributed by atoms with E-state index in [-0.39, 0.29) is 0 Å². The minimum Gasteiger partial charge on any atom is -0.496 e. The second-order valence-electron chi connectivity index (χ2n) is 3.71. The summed E-state index contributed by atoms with van der Waals surface area (Å²) in [6.07, 6.45) is 0.952. The molecule has 2 aromatic rings. The summed E-state index contributed by atoms with van der Waals surface area (Å²) in [4.78, 5) is 5.43. The Bertz CT molecular complexity index is 508. The van der Waals surface area contributed by atoms with E-state index >= 15 is 0 Å². The average Bonchev–Trinajstić information content (AvgIpc) is 2.86. The van der Waals surface area contributed by atoms with Crippen LogP contribution in [0.4, 0.5) is 0 Å². The lowest BCUT2D eigenvalue weighted by Crippen LogP contribution is -1.98. The van der Waals surface area contributed by atoms with Crippen molar-refractivity contribution in [1.82, 2.24) is 4.98 Å². The number of hydrogen-bond acceptors (Lipinski definition) is 4. The topological polar surface area (TPSA) is 48.1 Å². The lowest BCUT2D eigenvalue weighted by Gasteiger charge is -2.09. The number of aryl methyl sites for hydroxylation is 1. The molecule has 0 aliphatic heterocycles. The molecule has 1 aromatic heterocycles. The fourth-order valence-corrected chi connectivity index (χ4v) is 2.67. The Morgan fingerprint density at radius 1 is 1.41 bits per heavy atom. The molecule has 0 bridgehead atoms. The zero-order chi connectivity index (χ0) is 12.3. The summed E-state index contributed by atoms with van der Waals surface area (Å²) in [5.74, 6) is 0.940. The number of ether oxygens (including phenoxy) is 1. The predicted octanol–water partition coefficient (Wildman–Crippen LogP) is 2.84. The fourth-order valence-electron chi connectivity index (χ4n) is 1.85. The summed E-state index contributed by atoms with van der Waals surface area (Å²) in [5, 5.41) is 0. The number of benzene rings is 1. The molecular weight excluding hydrogens is 232 g/mol. The predicted molar refractivity (Wildman–Crippen MR) is 71.4 cm³/mol. The van der Waals surface area contributed by atoms with Gasteiger partial charge in [0.05, 0.1) is 23.2 Å². The van der Waals surface area contributed by atoms with Crippen LogP contribution in [0.3, 0.4) is 0 Å². The Morgan fingerprint density at radius 3 is 2.88 bits per heavy atom. The van der Waals surface area contributed by atoms with Crippen molar-refractivity contribution >= 4 is 11.3 Å². The molecule has 0 fully saturated rings. The molecule has 1 aromatic carbocycles. The summed E-state index contributed by atoms with van der Waals surface area (Å²) in [6, 6.07) is 6.23. The molecule has 0 spiro atoms. The van der Waals surface area contributed by atoms with Crippen molar-refractivity contribution in [2.24, 2.45) is 5.73 Å². The van der Waals surface area contributed by atoms with E-state index < -0.39 is 0 Å². The summed E-state index contributed by atoms with van der Waals surface area (Å²) in [7, 11) is 1.70. The van der Waals surface area contributed by atoms with Crippen LogP contribution in [0.25, 0.3) is 10.4 Å². The highest BCUT2D eigenvalue weighted by Crippen LogP contribution is 2.31. The first kappa shape index (κ1) is 12.1. The van der Waals surface area contributed by atoms with E-state index in [0.717, 1.165) is 22.7 Å². The normalized spacial score (nSPS) is 10.5. The largest absolute Gasteiger partial charge is 0.496 e. The molecule has 4 heteroatoms. The number of rotatable bonds is 4. The maximum atomic E-state index is 5.68. The molecule has 0 atom stereocenters. The first-order chi connectivity index (χ1) is 8.30. The van der Waals surface area contributed by atoms with Crippen molar-refractivity contribution in [1.29, 1.82) is 0 Å². The lowest BCUT2D eigenvalue weighted by molar-refractivity contribution is 0.410. The van der Waals surface area contributed by atoms with Gasteiger partial charge in [-0.25, -0.2) is 4.98 Å². The number of thiazole rings is 1. The molecule has 0 saturated heterocycles. The minimum atomic E-state index is 0.478. The average molecular weight is 248 g/mol. The van der Waals surface area contributed by atoms with Crippen molar-refractivity contribution in [3.8, 4) is 16.2 Å². The summed E-state index contributed by atoms with van der Waals surface area (Å²) in [5.41, 5.74) is 10.9. The lowest BCUT2D eigenvalue weighted by atomic mass is 10.1. The van der Waals surface area contributed by atoms with E-state index in [1.165, 1.54) is 11.1 Å². The number of aromatic nitrogens is 1. The van der Waals surface area contributed by atoms with Crippen LogP contribution in [-0.2, 0) is 13.0 Å². The number of nitrogens with zero attached hydrogens (tertiary/aromatic N) is 1. The molecule has 90 valence electrons. The van der Waals surface area contributed by atoms with Crippen molar-refractivity contribution in [2.75, 3.05) is 7.11 Å². The van der Waals surface area contributed by atoms with Crippen molar-refractivity contribution in [3.63, 3.8) is 0 Å². The van der Waals surface area contributed by atoms with Crippen LogP contribution in [0.5, 0.6) is 5.75 Å². The highest BCUT2D eigenvalue weighted by Gasteiger charge is 2.09. The Balaban J connectivity index is 2.46. The standard InChI is InChI=1S/C13H16N2OS/c1-3-9-6-10(4-5-12(9)16-2)13-11(7-14)15-8-17-13/h4-6,8H,3,7,14H2,1-2H3. The van der Waals surface area contributed by atoms with Gasteiger partial charge in [-0.2, -0.15) is 0 Å². The molecule has 2 N–H and O–H groups in total. The fraction of sp³-hybridized carbons (Fsp3) is 0.308. The molecule has 2 rings (SSSR count). The van der Waals surface area contributed by atoms with E-state index in [9.17, 15) is 0 Å². The van der Waals surface area contributed by atoms with Gasteiger partial charge in [0.2, 0.25) is 0 Å². The van der Waals surface area contributed by atoms with E-state index in [1.54, 1.807) is 18.4 Å². The van der Waals surface area contributed by atoms with Crippen LogP contribution in [0.15, 0.2) is 23.7 Å². The smallest absolute Gasteiger partial charge is 0.122 e. The third-order valence-electron chi connectivity index (χ3n) is 2.76. The van der Waals surface area contributed by atoms with Gasteiger partial charge in [0.1, 0.15) is 5.75 Å². The Hall–Kier alpha value is -1.39. The number of hydrogen-bond donors (Lipinski definition) is 1. The molecule has 0 unspecified atom stereocenters. The van der Waals surface area contributed by atoms with Crippen LogP contribution >= 0.6 is 11.3 Å². The zero-order valence-electron chi connectivity index (χ0n) is 10.1. The number of methoxy groups -OCH3 is 1. The molecule has 17 heavy (non-hydrogen) atoms. The van der Waals surface area contributed by atoms with Gasteiger partial charge in [-0.1, -0.05) is 6.92 Å².